The van der Waals surface area contributed by atoms with E-state index in [-0.39, 0.29) is 0 Å². The zero-order valence-electron chi connectivity index (χ0n) is 9.50. The van der Waals surface area contributed by atoms with Crippen LogP contribution in [0, 0.1) is 0 Å². The lowest BCUT2D eigenvalue weighted by molar-refractivity contribution is 0.589. The maximum absolute atomic E-state index is 8.34. The van der Waals surface area contributed by atoms with Gasteiger partial charge in [-0.2, -0.15) is 0 Å². The molecule has 0 atom stereocenters. The molecular formula is C11H15N5S. The number of azide groups is 1. The first-order valence-electron chi connectivity index (χ1n) is 5.59. The highest BCUT2D eigenvalue weighted by atomic mass is 32.1. The van der Waals surface area contributed by atoms with Gasteiger partial charge in [0, 0.05) is 41.7 Å². The van der Waals surface area contributed by atoms with Crippen molar-refractivity contribution in [2.45, 2.75) is 11.4 Å². The summed E-state index contributed by atoms with van der Waals surface area (Å²) in [5, 5.41) is 6.91. The van der Waals surface area contributed by atoms with Gasteiger partial charge in [0.15, 0.2) is 0 Å². The molecule has 1 saturated heterocycles. The molecule has 0 spiro atoms. The van der Waals surface area contributed by atoms with Crippen LogP contribution in [0.1, 0.15) is 5.56 Å². The Hall–Kier alpha value is -1.36. The predicted molar refractivity (Wildman–Crippen MR) is 71.6 cm³/mol. The van der Waals surface area contributed by atoms with Gasteiger partial charge in [0.1, 0.15) is 0 Å². The van der Waals surface area contributed by atoms with Crippen LogP contribution in [-0.4, -0.2) is 26.2 Å². The molecule has 0 saturated carbocycles. The Labute approximate surface area is 106 Å². The molecule has 1 N–H and O–H groups in total. The van der Waals surface area contributed by atoms with Gasteiger partial charge in [0.2, 0.25) is 0 Å². The predicted octanol–water partition coefficient (Wildman–Crippen LogP) is 2.20. The topological polar surface area (TPSA) is 64.0 Å². The third-order valence-electron chi connectivity index (χ3n) is 2.76. The van der Waals surface area contributed by atoms with Gasteiger partial charge in [0.05, 0.1) is 6.54 Å². The summed E-state index contributed by atoms with van der Waals surface area (Å²) in [6, 6.07) is 6.05. The van der Waals surface area contributed by atoms with E-state index in [1.165, 1.54) is 0 Å². The van der Waals surface area contributed by atoms with Crippen LogP contribution in [0.3, 0.4) is 0 Å². The van der Waals surface area contributed by atoms with Gasteiger partial charge in [-0.3, -0.25) is 0 Å². The highest BCUT2D eigenvalue weighted by Crippen LogP contribution is 2.22. The summed E-state index contributed by atoms with van der Waals surface area (Å²) in [5.74, 6) is 0. The fraction of sp³-hybridized carbons (Fsp3) is 0.455. The van der Waals surface area contributed by atoms with Crippen LogP contribution in [0.25, 0.3) is 10.4 Å². The first-order valence-corrected chi connectivity index (χ1v) is 6.04. The maximum Gasteiger partial charge on any atom is 0.0512 e. The zero-order chi connectivity index (χ0) is 12.1. The van der Waals surface area contributed by atoms with Gasteiger partial charge in [-0.1, -0.05) is 5.11 Å². The molecule has 1 aliphatic rings. The third kappa shape index (κ3) is 3.30. The summed E-state index contributed by atoms with van der Waals surface area (Å²) in [6.07, 6.45) is 0. The molecular weight excluding hydrogens is 234 g/mol. The Bertz CT molecular complexity index is 435. The number of piperazine rings is 1. The standard InChI is InChI=1S/C11H15N5S/c12-15-14-8-9-5-10(7-11(17)6-9)16-3-1-13-2-4-16/h5-7,13,17H,1-4,8H2. The number of nitrogens with one attached hydrogen (secondary N) is 1. The summed E-state index contributed by atoms with van der Waals surface area (Å²) >= 11 is 4.39. The van der Waals surface area contributed by atoms with E-state index in [0.29, 0.717) is 6.54 Å². The Morgan fingerprint density at radius 3 is 2.82 bits per heavy atom. The molecule has 1 heterocycles. The molecule has 90 valence electrons. The highest BCUT2D eigenvalue weighted by Gasteiger charge is 2.11. The summed E-state index contributed by atoms with van der Waals surface area (Å²) in [5.41, 5.74) is 10.5. The van der Waals surface area contributed by atoms with E-state index in [4.69, 9.17) is 5.53 Å². The number of benzene rings is 1. The maximum atomic E-state index is 8.34. The van der Waals surface area contributed by atoms with Crippen LogP contribution in [0.15, 0.2) is 28.2 Å². The monoisotopic (exact) mass is 249 g/mol. The summed E-state index contributed by atoms with van der Waals surface area (Å²) in [7, 11) is 0. The Morgan fingerprint density at radius 2 is 2.12 bits per heavy atom. The van der Waals surface area contributed by atoms with Crippen molar-refractivity contribution in [2.75, 3.05) is 31.1 Å². The highest BCUT2D eigenvalue weighted by molar-refractivity contribution is 7.80. The van der Waals surface area contributed by atoms with Crippen LogP contribution in [-0.2, 0) is 6.54 Å². The molecule has 1 aliphatic heterocycles. The third-order valence-corrected chi connectivity index (χ3v) is 3.02. The first-order chi connectivity index (χ1) is 8.29. The van der Waals surface area contributed by atoms with Crippen LogP contribution in [0.4, 0.5) is 5.69 Å². The van der Waals surface area contributed by atoms with Crippen LogP contribution >= 0.6 is 12.6 Å². The van der Waals surface area contributed by atoms with Crippen molar-refractivity contribution in [3.05, 3.63) is 34.2 Å². The minimum absolute atomic E-state index is 0.379. The molecule has 1 aromatic carbocycles. The van der Waals surface area contributed by atoms with Crippen molar-refractivity contribution in [3.63, 3.8) is 0 Å². The second-order valence-electron chi connectivity index (χ2n) is 3.98. The fourth-order valence-electron chi connectivity index (χ4n) is 1.97. The van der Waals surface area contributed by atoms with E-state index < -0.39 is 0 Å². The molecule has 6 heteroatoms. The van der Waals surface area contributed by atoms with Crippen molar-refractivity contribution in [2.24, 2.45) is 5.11 Å². The lowest BCUT2D eigenvalue weighted by Gasteiger charge is -2.30. The van der Waals surface area contributed by atoms with Crippen LogP contribution in [0.5, 0.6) is 0 Å². The molecule has 2 rings (SSSR count). The number of rotatable bonds is 3. The molecule has 0 amide bonds. The second kappa shape index (κ2) is 5.82. The smallest absolute Gasteiger partial charge is 0.0512 e. The largest absolute Gasteiger partial charge is 0.369 e. The minimum atomic E-state index is 0.379. The Morgan fingerprint density at radius 1 is 1.35 bits per heavy atom. The lowest BCUT2D eigenvalue weighted by Crippen LogP contribution is -2.43. The second-order valence-corrected chi connectivity index (χ2v) is 4.50. The molecule has 1 fully saturated rings. The van der Waals surface area contributed by atoms with Crippen molar-refractivity contribution < 1.29 is 0 Å². The first kappa shape index (κ1) is 12.1. The van der Waals surface area contributed by atoms with Gasteiger partial charge < -0.3 is 10.2 Å². The van der Waals surface area contributed by atoms with Crippen LogP contribution < -0.4 is 10.2 Å². The van der Waals surface area contributed by atoms with Gasteiger partial charge >= 0.3 is 0 Å². The van der Waals surface area contributed by atoms with E-state index >= 15 is 0 Å². The molecule has 17 heavy (non-hydrogen) atoms. The molecule has 0 bridgehead atoms. The molecule has 0 aromatic heterocycles. The molecule has 5 nitrogen and oxygen atoms in total. The number of thiol groups is 1. The van der Waals surface area contributed by atoms with E-state index in [1.807, 2.05) is 12.1 Å². The van der Waals surface area contributed by atoms with Gasteiger partial charge in [-0.15, -0.1) is 12.6 Å². The summed E-state index contributed by atoms with van der Waals surface area (Å²) in [6.45, 7) is 4.38. The summed E-state index contributed by atoms with van der Waals surface area (Å²) < 4.78 is 0. The van der Waals surface area contributed by atoms with Crippen LogP contribution in [0.2, 0.25) is 0 Å². The van der Waals surface area contributed by atoms with E-state index in [0.717, 1.165) is 42.3 Å². The molecule has 0 unspecified atom stereocenters. The summed E-state index contributed by atoms with van der Waals surface area (Å²) in [4.78, 5) is 6.00. The molecule has 1 aromatic rings. The Kier molecular flexibility index (Phi) is 4.14. The number of anilines is 1. The van der Waals surface area contributed by atoms with Crippen molar-refractivity contribution in [3.8, 4) is 0 Å². The van der Waals surface area contributed by atoms with Crippen molar-refractivity contribution in [1.82, 2.24) is 5.32 Å². The van der Waals surface area contributed by atoms with Crippen molar-refractivity contribution >= 4 is 18.3 Å². The van der Waals surface area contributed by atoms with Crippen molar-refractivity contribution in [1.29, 1.82) is 0 Å². The number of hydrogen-bond donors (Lipinski definition) is 2. The number of nitrogens with zero attached hydrogens (tertiary/aromatic N) is 4. The molecule has 0 aliphatic carbocycles. The zero-order valence-corrected chi connectivity index (χ0v) is 10.4. The SMILES string of the molecule is [N-]=[N+]=NCc1cc(S)cc(N2CCNCC2)c1. The normalized spacial score (nSPS) is 15.5. The average molecular weight is 249 g/mol. The fourth-order valence-corrected chi connectivity index (χ4v) is 2.26. The van der Waals surface area contributed by atoms with E-state index in [2.05, 4.69) is 38.9 Å². The van der Waals surface area contributed by atoms with E-state index in [9.17, 15) is 0 Å². The van der Waals surface area contributed by atoms with E-state index in [1.54, 1.807) is 0 Å². The Balaban J connectivity index is 2.20. The average Bonchev–Trinajstić information content (AvgIpc) is 2.37. The van der Waals surface area contributed by atoms with Gasteiger partial charge in [-0.25, -0.2) is 0 Å². The lowest BCUT2D eigenvalue weighted by atomic mass is 10.1. The van der Waals surface area contributed by atoms with Gasteiger partial charge in [0.25, 0.3) is 0 Å². The quantitative estimate of drug-likeness (QED) is 0.373. The van der Waals surface area contributed by atoms with Gasteiger partial charge in [-0.05, 0) is 29.3 Å². The molecule has 0 radical (unpaired) electrons. The number of hydrogen-bond acceptors (Lipinski definition) is 4. The minimum Gasteiger partial charge on any atom is -0.369 e.